The largest absolute Gasteiger partial charge is 0.426 e. The molecular formula is C20H26N2O5. The second-order valence-electron chi connectivity index (χ2n) is 6.57. The minimum absolute atomic E-state index is 0.226. The molecule has 1 fully saturated rings. The molecule has 2 rings (SSSR count). The molecule has 146 valence electrons. The zero-order valence-electron chi connectivity index (χ0n) is 15.7. The summed E-state index contributed by atoms with van der Waals surface area (Å²) in [6.45, 7) is 2.36. The van der Waals surface area contributed by atoms with E-state index in [0.29, 0.717) is 6.42 Å². The Morgan fingerprint density at radius 1 is 1.30 bits per heavy atom. The highest BCUT2D eigenvalue weighted by Gasteiger charge is 2.40. The number of carbonyl (C=O) groups excluding carboxylic acids is 3. The Kier molecular flexibility index (Phi) is 7.55. The van der Waals surface area contributed by atoms with Crippen molar-refractivity contribution in [2.75, 3.05) is 13.6 Å². The van der Waals surface area contributed by atoms with E-state index in [2.05, 4.69) is 6.92 Å². The zero-order valence-corrected chi connectivity index (χ0v) is 15.7. The van der Waals surface area contributed by atoms with Gasteiger partial charge in [0.1, 0.15) is 0 Å². The van der Waals surface area contributed by atoms with Crippen LogP contribution in [0.3, 0.4) is 0 Å². The summed E-state index contributed by atoms with van der Waals surface area (Å²) >= 11 is 0. The average Bonchev–Trinajstić information content (AvgIpc) is 2.95. The van der Waals surface area contributed by atoms with Crippen molar-refractivity contribution in [3.8, 4) is 0 Å². The van der Waals surface area contributed by atoms with Crippen molar-refractivity contribution < 1.29 is 24.2 Å². The first-order chi connectivity index (χ1) is 12.9. The van der Waals surface area contributed by atoms with Crippen LogP contribution in [0.25, 0.3) is 0 Å². The van der Waals surface area contributed by atoms with E-state index < -0.39 is 30.2 Å². The van der Waals surface area contributed by atoms with Crippen molar-refractivity contribution in [2.45, 2.75) is 44.8 Å². The van der Waals surface area contributed by atoms with Crippen LogP contribution >= 0.6 is 0 Å². The number of hydrogen-bond donors (Lipinski definition) is 1. The molecule has 0 aliphatic carbocycles. The third-order valence-electron chi connectivity index (χ3n) is 4.37. The summed E-state index contributed by atoms with van der Waals surface area (Å²) in [5, 5.41) is 10.0. The van der Waals surface area contributed by atoms with Crippen LogP contribution in [0, 0.1) is 0 Å². The van der Waals surface area contributed by atoms with Gasteiger partial charge in [0.25, 0.3) is 0 Å². The molecular weight excluding hydrogens is 348 g/mol. The third-order valence-corrected chi connectivity index (χ3v) is 4.37. The van der Waals surface area contributed by atoms with E-state index in [1.54, 1.807) is 37.4 Å². The molecule has 2 atom stereocenters. The van der Waals surface area contributed by atoms with Gasteiger partial charge in [0, 0.05) is 13.6 Å². The number of amides is 3. The number of carbonyl (C=O) groups is 3. The van der Waals surface area contributed by atoms with Gasteiger partial charge < -0.3 is 14.7 Å². The smallest absolute Gasteiger partial charge is 0.389 e. The fourth-order valence-electron chi connectivity index (χ4n) is 2.84. The first kappa shape index (κ1) is 20.6. The molecule has 0 bridgehead atoms. The summed E-state index contributed by atoms with van der Waals surface area (Å²) in [4.78, 5) is 39.0. The Morgan fingerprint density at radius 2 is 2.00 bits per heavy atom. The van der Waals surface area contributed by atoms with E-state index in [0.717, 1.165) is 24.2 Å². The lowest BCUT2D eigenvalue weighted by Gasteiger charge is -2.18. The van der Waals surface area contributed by atoms with Crippen LogP contribution in [0.1, 0.15) is 43.0 Å². The summed E-state index contributed by atoms with van der Waals surface area (Å²) < 4.78 is 4.86. The quantitative estimate of drug-likeness (QED) is 0.343. The number of benzene rings is 1. The topological polar surface area (TPSA) is 87.2 Å². The van der Waals surface area contributed by atoms with Crippen LogP contribution < -0.4 is 0 Å². The highest BCUT2D eigenvalue weighted by Crippen LogP contribution is 2.18. The van der Waals surface area contributed by atoms with E-state index in [1.165, 1.54) is 17.0 Å². The Morgan fingerprint density at radius 3 is 2.67 bits per heavy atom. The molecule has 1 N–H and O–H groups in total. The Labute approximate surface area is 159 Å². The van der Waals surface area contributed by atoms with Crippen LogP contribution in [0.4, 0.5) is 9.59 Å². The first-order valence-electron chi connectivity index (χ1n) is 9.16. The summed E-state index contributed by atoms with van der Waals surface area (Å²) in [6, 6.07) is 6.96. The average molecular weight is 374 g/mol. The van der Waals surface area contributed by atoms with E-state index in [1.807, 2.05) is 0 Å². The van der Waals surface area contributed by atoms with Crippen LogP contribution in [0.2, 0.25) is 0 Å². The maximum Gasteiger partial charge on any atom is 0.426 e. The summed E-state index contributed by atoms with van der Waals surface area (Å²) in [6.07, 6.45) is 5.18. The van der Waals surface area contributed by atoms with E-state index in [9.17, 15) is 19.5 Å². The molecule has 0 spiro atoms. The van der Waals surface area contributed by atoms with Crippen LogP contribution in [-0.4, -0.2) is 58.7 Å². The van der Waals surface area contributed by atoms with E-state index in [4.69, 9.17) is 4.74 Å². The van der Waals surface area contributed by atoms with Crippen molar-refractivity contribution in [3.63, 3.8) is 0 Å². The number of aliphatic hydroxyl groups is 1. The van der Waals surface area contributed by atoms with Crippen molar-refractivity contribution in [1.82, 2.24) is 9.80 Å². The predicted octanol–water partition coefficient (Wildman–Crippen LogP) is 3.20. The van der Waals surface area contributed by atoms with Gasteiger partial charge in [-0.2, -0.15) is 0 Å². The molecule has 7 heteroatoms. The van der Waals surface area contributed by atoms with Gasteiger partial charge in [-0.05, 0) is 18.6 Å². The maximum absolute atomic E-state index is 12.4. The SMILES string of the molecule is CCCCCC(O)/C=C/C1CN(C)C(=O)N1C(=O)OC(=O)c1ccccc1. The Hall–Kier alpha value is -2.67. The Bertz CT molecular complexity index is 689. The van der Waals surface area contributed by atoms with Crippen molar-refractivity contribution in [3.05, 3.63) is 48.0 Å². The zero-order chi connectivity index (χ0) is 19.8. The molecule has 1 aromatic carbocycles. The normalized spacial score (nSPS) is 18.2. The number of esters is 1. The fraction of sp³-hybridized carbons (Fsp3) is 0.450. The van der Waals surface area contributed by atoms with Gasteiger partial charge in [0.15, 0.2) is 0 Å². The minimum Gasteiger partial charge on any atom is -0.389 e. The molecule has 1 aliphatic heterocycles. The second-order valence-corrected chi connectivity index (χ2v) is 6.57. The van der Waals surface area contributed by atoms with Gasteiger partial charge >= 0.3 is 18.1 Å². The molecule has 0 saturated carbocycles. The number of rotatable bonds is 7. The van der Waals surface area contributed by atoms with Gasteiger partial charge in [0.2, 0.25) is 0 Å². The monoisotopic (exact) mass is 374 g/mol. The molecule has 1 aromatic rings. The lowest BCUT2D eigenvalue weighted by molar-refractivity contribution is 0.0565. The lowest BCUT2D eigenvalue weighted by Crippen LogP contribution is -2.40. The van der Waals surface area contributed by atoms with Gasteiger partial charge in [-0.3, -0.25) is 0 Å². The molecule has 1 heterocycles. The van der Waals surface area contributed by atoms with Crippen LogP contribution in [0.5, 0.6) is 0 Å². The number of ether oxygens (including phenoxy) is 1. The molecule has 2 unspecified atom stereocenters. The van der Waals surface area contributed by atoms with Gasteiger partial charge in [-0.15, -0.1) is 0 Å². The van der Waals surface area contributed by atoms with E-state index >= 15 is 0 Å². The van der Waals surface area contributed by atoms with Crippen molar-refractivity contribution in [2.24, 2.45) is 0 Å². The first-order valence-corrected chi connectivity index (χ1v) is 9.16. The highest BCUT2D eigenvalue weighted by atomic mass is 16.6. The number of unbranched alkanes of at least 4 members (excludes halogenated alkanes) is 2. The standard InChI is InChI=1S/C20H26N2O5/c1-3-4-6-11-17(23)13-12-16-14-21(2)19(25)22(16)20(26)27-18(24)15-9-7-5-8-10-15/h5,7-10,12-13,16-17,23H,3-4,6,11,14H2,1-2H3/b13-12+. The number of aliphatic hydroxyl groups excluding tert-OH is 1. The van der Waals surface area contributed by atoms with E-state index in [-0.39, 0.29) is 12.1 Å². The van der Waals surface area contributed by atoms with Crippen molar-refractivity contribution >= 4 is 18.1 Å². The molecule has 7 nitrogen and oxygen atoms in total. The Balaban J connectivity index is 2.02. The third kappa shape index (κ3) is 5.65. The highest BCUT2D eigenvalue weighted by molar-refractivity contribution is 6.01. The molecule has 1 saturated heterocycles. The second kappa shape index (κ2) is 9.87. The molecule has 1 aliphatic rings. The number of imide groups is 1. The number of likely N-dealkylation sites (N-methyl/N-ethyl adjacent to an activating group) is 1. The van der Waals surface area contributed by atoms with Gasteiger partial charge in [-0.25, -0.2) is 19.3 Å². The van der Waals surface area contributed by atoms with Crippen LogP contribution in [-0.2, 0) is 4.74 Å². The van der Waals surface area contributed by atoms with Gasteiger partial charge in [-0.1, -0.05) is 56.5 Å². The summed E-state index contributed by atoms with van der Waals surface area (Å²) in [5.41, 5.74) is 0.226. The molecule has 27 heavy (non-hydrogen) atoms. The lowest BCUT2D eigenvalue weighted by atomic mass is 10.1. The fourth-order valence-corrected chi connectivity index (χ4v) is 2.84. The minimum atomic E-state index is -1.02. The van der Waals surface area contributed by atoms with Crippen LogP contribution in [0.15, 0.2) is 42.5 Å². The molecule has 0 aromatic heterocycles. The summed E-state index contributed by atoms with van der Waals surface area (Å²) in [7, 11) is 1.56. The van der Waals surface area contributed by atoms with Crippen molar-refractivity contribution in [1.29, 1.82) is 0 Å². The van der Waals surface area contributed by atoms with Gasteiger partial charge in [0.05, 0.1) is 17.7 Å². The molecule has 0 radical (unpaired) electrons. The number of nitrogens with zero attached hydrogens (tertiary/aromatic N) is 2. The predicted molar refractivity (Wildman–Crippen MR) is 100 cm³/mol. The summed E-state index contributed by atoms with van der Waals surface area (Å²) in [5.74, 6) is -0.815. The number of hydrogen-bond acceptors (Lipinski definition) is 5. The molecule has 3 amide bonds. The maximum atomic E-state index is 12.4. The number of urea groups is 1.